The summed E-state index contributed by atoms with van der Waals surface area (Å²) in [5.74, 6) is -1.11. The van der Waals surface area contributed by atoms with Crippen LogP contribution in [0.25, 0.3) is 5.69 Å². The summed E-state index contributed by atoms with van der Waals surface area (Å²) in [6.07, 6.45) is -0.765. The number of rotatable bonds is 10. The normalized spacial score (nSPS) is 11.8. The largest absolute Gasteiger partial charge is 0.416 e. The monoisotopic (exact) mass is 637 g/mol. The van der Waals surface area contributed by atoms with Crippen LogP contribution in [0, 0.1) is 6.92 Å². The maximum Gasteiger partial charge on any atom is 0.416 e. The van der Waals surface area contributed by atoms with Crippen LogP contribution in [0.1, 0.15) is 39.7 Å². The number of amides is 2. The van der Waals surface area contributed by atoms with Gasteiger partial charge in [0.1, 0.15) is 5.56 Å². The molecule has 0 fully saturated rings. The van der Waals surface area contributed by atoms with Crippen LogP contribution in [0.15, 0.2) is 107 Å². The van der Waals surface area contributed by atoms with Crippen LogP contribution in [0.2, 0.25) is 0 Å². The number of hydrogen-bond donors (Lipinski definition) is 2. The van der Waals surface area contributed by atoms with Crippen molar-refractivity contribution in [2.75, 3.05) is 11.1 Å². The number of aromatic nitrogens is 1. The standard InChI is InChI=1S/C33H30F3N3O5S/c1-22-9-18-30(32(42)39(22)28-8-5-7-26(20-28)33(34,35)36)31(41)37-21-25-12-16-29(17-13-25)45(43,44)19-4-3-6-24-10-14-27(15-11-24)38-23(2)40/h3-5,7-18,20H,6,19,21H2,1-2H3,(H,37,41)(H,38,40). The van der Waals surface area contributed by atoms with Crippen molar-refractivity contribution in [1.29, 1.82) is 0 Å². The minimum Gasteiger partial charge on any atom is -0.348 e. The number of benzene rings is 3. The highest BCUT2D eigenvalue weighted by Gasteiger charge is 2.30. The molecule has 1 heterocycles. The predicted molar refractivity (Wildman–Crippen MR) is 165 cm³/mol. The van der Waals surface area contributed by atoms with Crippen molar-refractivity contribution in [3.8, 4) is 5.69 Å². The third kappa shape index (κ3) is 8.57. The van der Waals surface area contributed by atoms with Gasteiger partial charge in [0.2, 0.25) is 5.91 Å². The number of anilines is 1. The van der Waals surface area contributed by atoms with Crippen molar-refractivity contribution in [3.63, 3.8) is 0 Å². The summed E-state index contributed by atoms with van der Waals surface area (Å²) >= 11 is 0. The molecule has 0 saturated carbocycles. The summed E-state index contributed by atoms with van der Waals surface area (Å²) in [4.78, 5) is 37.2. The van der Waals surface area contributed by atoms with Crippen molar-refractivity contribution in [2.45, 2.75) is 37.9 Å². The number of aryl methyl sites for hydroxylation is 1. The lowest BCUT2D eigenvalue weighted by molar-refractivity contribution is -0.137. The Morgan fingerprint density at radius 2 is 1.56 bits per heavy atom. The number of carbonyl (C=O) groups is 2. The molecule has 0 unspecified atom stereocenters. The molecule has 12 heteroatoms. The SMILES string of the molecule is CC(=O)Nc1ccc(CC=CCS(=O)(=O)c2ccc(CNC(=O)c3ccc(C)n(-c4cccc(C(F)(F)F)c4)c3=O)cc2)cc1. The van der Waals surface area contributed by atoms with Gasteiger partial charge in [0.05, 0.1) is 16.2 Å². The van der Waals surface area contributed by atoms with Gasteiger partial charge in [0.25, 0.3) is 11.5 Å². The summed E-state index contributed by atoms with van der Waals surface area (Å²) in [5, 5.41) is 5.28. The molecule has 0 saturated heterocycles. The maximum absolute atomic E-state index is 13.2. The fourth-order valence-corrected chi connectivity index (χ4v) is 5.61. The summed E-state index contributed by atoms with van der Waals surface area (Å²) in [7, 11) is -3.62. The number of nitrogens with zero attached hydrogens (tertiary/aromatic N) is 1. The Balaban J connectivity index is 1.37. The molecule has 45 heavy (non-hydrogen) atoms. The molecule has 4 aromatic rings. The van der Waals surface area contributed by atoms with E-state index in [9.17, 15) is 36.0 Å². The first-order chi connectivity index (χ1) is 21.2. The Hall–Kier alpha value is -4.97. The Kier molecular flexibility index (Phi) is 10.1. The van der Waals surface area contributed by atoms with Crippen LogP contribution in [0.5, 0.6) is 0 Å². The van der Waals surface area contributed by atoms with Crippen LogP contribution in [-0.4, -0.2) is 30.6 Å². The van der Waals surface area contributed by atoms with Gasteiger partial charge in [0, 0.05) is 30.5 Å². The molecule has 234 valence electrons. The number of hydrogen-bond acceptors (Lipinski definition) is 5. The van der Waals surface area contributed by atoms with E-state index in [1.165, 1.54) is 43.3 Å². The third-order valence-electron chi connectivity index (χ3n) is 6.80. The minimum atomic E-state index is -4.60. The topological polar surface area (TPSA) is 114 Å². The fourth-order valence-electron chi connectivity index (χ4n) is 4.48. The molecule has 0 aliphatic heterocycles. The van der Waals surface area contributed by atoms with Crippen LogP contribution < -0.4 is 16.2 Å². The van der Waals surface area contributed by atoms with Crippen molar-refractivity contribution < 1.29 is 31.2 Å². The molecule has 0 bridgehead atoms. The van der Waals surface area contributed by atoms with Crippen LogP contribution in [-0.2, 0) is 33.8 Å². The van der Waals surface area contributed by atoms with Crippen molar-refractivity contribution >= 4 is 27.3 Å². The van der Waals surface area contributed by atoms with Gasteiger partial charge >= 0.3 is 6.18 Å². The number of carbonyl (C=O) groups excluding carboxylic acids is 2. The molecule has 2 N–H and O–H groups in total. The Labute approximate surface area is 258 Å². The summed E-state index contributed by atoms with van der Waals surface area (Å²) < 4.78 is 66.2. The summed E-state index contributed by atoms with van der Waals surface area (Å²) in [6, 6.07) is 20.2. The fraction of sp³-hybridized carbons (Fsp3) is 0.182. The number of halogens is 3. The lowest BCUT2D eigenvalue weighted by Crippen LogP contribution is -2.33. The van der Waals surface area contributed by atoms with Gasteiger partial charge in [-0.1, -0.05) is 42.5 Å². The summed E-state index contributed by atoms with van der Waals surface area (Å²) in [5.41, 5.74) is 0.569. The second kappa shape index (κ2) is 13.8. The summed E-state index contributed by atoms with van der Waals surface area (Å²) in [6.45, 7) is 2.95. The van der Waals surface area contributed by atoms with Gasteiger partial charge in [-0.3, -0.25) is 19.0 Å². The van der Waals surface area contributed by atoms with Gasteiger partial charge in [-0.15, -0.1) is 0 Å². The minimum absolute atomic E-state index is 0.0172. The lowest BCUT2D eigenvalue weighted by atomic mass is 10.1. The van der Waals surface area contributed by atoms with E-state index in [1.807, 2.05) is 12.1 Å². The van der Waals surface area contributed by atoms with Crippen molar-refractivity contribution in [3.05, 3.63) is 135 Å². The van der Waals surface area contributed by atoms with E-state index in [0.29, 0.717) is 23.4 Å². The highest BCUT2D eigenvalue weighted by atomic mass is 32.2. The van der Waals surface area contributed by atoms with E-state index >= 15 is 0 Å². The number of alkyl halides is 3. The first-order valence-electron chi connectivity index (χ1n) is 13.8. The Morgan fingerprint density at radius 1 is 0.889 bits per heavy atom. The molecule has 0 aliphatic carbocycles. The molecular weight excluding hydrogens is 607 g/mol. The first kappa shape index (κ1) is 32.9. The highest BCUT2D eigenvalue weighted by molar-refractivity contribution is 7.91. The smallest absolute Gasteiger partial charge is 0.348 e. The number of sulfone groups is 1. The maximum atomic E-state index is 13.2. The second-order valence-electron chi connectivity index (χ2n) is 10.2. The average molecular weight is 638 g/mol. The molecule has 3 aromatic carbocycles. The number of pyridine rings is 1. The first-order valence-corrected chi connectivity index (χ1v) is 15.4. The van der Waals surface area contributed by atoms with E-state index in [2.05, 4.69) is 10.6 Å². The van der Waals surface area contributed by atoms with Gasteiger partial charge in [-0.2, -0.15) is 13.2 Å². The van der Waals surface area contributed by atoms with E-state index in [0.717, 1.165) is 22.3 Å². The molecule has 8 nitrogen and oxygen atoms in total. The molecule has 0 aliphatic rings. The predicted octanol–water partition coefficient (Wildman–Crippen LogP) is 5.63. The molecule has 4 rings (SSSR count). The highest BCUT2D eigenvalue weighted by Crippen LogP contribution is 2.30. The van der Waals surface area contributed by atoms with Gasteiger partial charge in [-0.05, 0) is 79.1 Å². The average Bonchev–Trinajstić information content (AvgIpc) is 2.99. The van der Waals surface area contributed by atoms with Crippen LogP contribution in [0.4, 0.5) is 18.9 Å². The van der Waals surface area contributed by atoms with E-state index in [4.69, 9.17) is 0 Å². The van der Waals surface area contributed by atoms with E-state index in [-0.39, 0.29) is 34.4 Å². The molecule has 0 atom stereocenters. The molecule has 1 aromatic heterocycles. The number of allylic oxidation sites excluding steroid dienone is 1. The molecule has 0 radical (unpaired) electrons. The second-order valence-corrected chi connectivity index (χ2v) is 12.3. The van der Waals surface area contributed by atoms with Crippen molar-refractivity contribution in [2.24, 2.45) is 0 Å². The lowest BCUT2D eigenvalue weighted by Gasteiger charge is -2.14. The van der Waals surface area contributed by atoms with Gasteiger partial charge in [0.15, 0.2) is 9.84 Å². The Morgan fingerprint density at radius 3 is 2.20 bits per heavy atom. The van der Waals surface area contributed by atoms with Gasteiger partial charge < -0.3 is 10.6 Å². The van der Waals surface area contributed by atoms with Crippen molar-refractivity contribution in [1.82, 2.24) is 9.88 Å². The van der Waals surface area contributed by atoms with Crippen LogP contribution in [0.3, 0.4) is 0 Å². The zero-order chi connectivity index (χ0) is 32.8. The quantitative estimate of drug-likeness (QED) is 0.219. The molecule has 2 amide bonds. The van der Waals surface area contributed by atoms with Crippen LogP contribution >= 0.6 is 0 Å². The van der Waals surface area contributed by atoms with E-state index < -0.39 is 33.0 Å². The third-order valence-corrected chi connectivity index (χ3v) is 8.42. The zero-order valence-corrected chi connectivity index (χ0v) is 25.2. The van der Waals surface area contributed by atoms with Gasteiger partial charge in [-0.25, -0.2) is 8.42 Å². The zero-order valence-electron chi connectivity index (χ0n) is 24.4. The van der Waals surface area contributed by atoms with E-state index in [1.54, 1.807) is 43.3 Å². The molecule has 0 spiro atoms. The molecular formula is C33H30F3N3O5S. The Bertz CT molecular complexity index is 1900. The number of nitrogens with one attached hydrogen (secondary N) is 2.